The summed E-state index contributed by atoms with van der Waals surface area (Å²) in [5, 5.41) is 10.6. The second-order valence-electron chi connectivity index (χ2n) is 3.72. The van der Waals surface area contributed by atoms with Gasteiger partial charge in [-0.2, -0.15) is 0 Å². The molecule has 0 aliphatic rings. The normalized spacial score (nSPS) is 12.6. The summed E-state index contributed by atoms with van der Waals surface area (Å²) in [6.07, 6.45) is 4.93. The Hall–Kier alpha value is -1.39. The Morgan fingerprint density at radius 3 is 2.94 bits per heavy atom. The maximum Gasteiger partial charge on any atom is 0.111 e. The maximum absolute atomic E-state index is 10.1. The van der Waals surface area contributed by atoms with Crippen LogP contribution in [0.25, 0.3) is 0 Å². The molecule has 4 nitrogen and oxygen atoms in total. The van der Waals surface area contributed by atoms with Gasteiger partial charge in [0.1, 0.15) is 11.9 Å². The fourth-order valence-corrected chi connectivity index (χ4v) is 1.98. The summed E-state index contributed by atoms with van der Waals surface area (Å²) >= 11 is 5.98. The standard InChI is InChI=1S/C12H14ClN3O/c1-2-16-7-6-14-11(16)8-10(17)12-9(13)4-3-5-15-12/h3-7,10,17H,2,8H2,1H3. The fraction of sp³-hybridized carbons (Fsp3) is 0.333. The molecule has 0 saturated heterocycles. The summed E-state index contributed by atoms with van der Waals surface area (Å²) in [6, 6.07) is 3.46. The summed E-state index contributed by atoms with van der Waals surface area (Å²) in [5.74, 6) is 0.835. The van der Waals surface area contributed by atoms with Gasteiger partial charge in [0.25, 0.3) is 0 Å². The van der Waals surface area contributed by atoms with Crippen LogP contribution in [0.5, 0.6) is 0 Å². The molecule has 2 aromatic rings. The van der Waals surface area contributed by atoms with E-state index in [2.05, 4.69) is 9.97 Å². The lowest BCUT2D eigenvalue weighted by Gasteiger charge is -2.12. The molecule has 17 heavy (non-hydrogen) atoms. The Balaban J connectivity index is 2.17. The summed E-state index contributed by atoms with van der Waals surface area (Å²) in [7, 11) is 0. The highest BCUT2D eigenvalue weighted by atomic mass is 35.5. The van der Waals surface area contributed by atoms with Crippen LogP contribution in [0.2, 0.25) is 5.02 Å². The first-order valence-electron chi connectivity index (χ1n) is 5.51. The van der Waals surface area contributed by atoms with E-state index in [9.17, 15) is 5.11 Å². The number of hydrogen-bond acceptors (Lipinski definition) is 3. The van der Waals surface area contributed by atoms with Crippen LogP contribution < -0.4 is 0 Å². The topological polar surface area (TPSA) is 50.9 Å². The highest BCUT2D eigenvalue weighted by Gasteiger charge is 2.15. The molecule has 1 N–H and O–H groups in total. The van der Waals surface area contributed by atoms with Gasteiger partial charge >= 0.3 is 0 Å². The van der Waals surface area contributed by atoms with Crippen LogP contribution in [0, 0.1) is 0 Å². The highest BCUT2D eigenvalue weighted by molar-refractivity contribution is 6.31. The van der Waals surface area contributed by atoms with Gasteiger partial charge in [-0.1, -0.05) is 11.6 Å². The average molecular weight is 252 g/mol. The van der Waals surface area contributed by atoms with Gasteiger partial charge in [-0.15, -0.1) is 0 Å². The second-order valence-corrected chi connectivity index (χ2v) is 4.13. The van der Waals surface area contributed by atoms with Crippen LogP contribution >= 0.6 is 11.6 Å². The number of aliphatic hydroxyl groups is 1. The highest BCUT2D eigenvalue weighted by Crippen LogP contribution is 2.22. The molecule has 1 atom stereocenters. The Morgan fingerprint density at radius 2 is 2.24 bits per heavy atom. The molecule has 0 aliphatic heterocycles. The molecule has 0 bridgehead atoms. The minimum Gasteiger partial charge on any atom is -0.386 e. The monoisotopic (exact) mass is 251 g/mol. The Kier molecular flexibility index (Phi) is 3.76. The molecular formula is C12H14ClN3O. The number of rotatable bonds is 4. The van der Waals surface area contributed by atoms with Crippen molar-refractivity contribution in [2.45, 2.75) is 26.0 Å². The molecule has 0 saturated carbocycles. The minimum atomic E-state index is -0.726. The molecule has 0 radical (unpaired) electrons. The molecule has 0 spiro atoms. The number of aryl methyl sites for hydroxylation is 1. The van der Waals surface area contributed by atoms with Crippen molar-refractivity contribution < 1.29 is 5.11 Å². The second kappa shape index (κ2) is 5.29. The first kappa shape index (κ1) is 12.1. The minimum absolute atomic E-state index is 0.414. The van der Waals surface area contributed by atoms with Crippen molar-refractivity contribution in [3.05, 3.63) is 47.3 Å². The first-order chi connectivity index (χ1) is 8.22. The summed E-state index contributed by atoms with van der Waals surface area (Å²) in [5.41, 5.74) is 0.500. The summed E-state index contributed by atoms with van der Waals surface area (Å²) in [6.45, 7) is 2.86. The van der Waals surface area contributed by atoms with Gasteiger partial charge in [-0.25, -0.2) is 4.98 Å². The van der Waals surface area contributed by atoms with E-state index in [4.69, 9.17) is 11.6 Å². The number of halogens is 1. The third-order valence-electron chi connectivity index (χ3n) is 2.62. The van der Waals surface area contributed by atoms with E-state index in [0.717, 1.165) is 12.4 Å². The van der Waals surface area contributed by atoms with Crippen LogP contribution in [-0.2, 0) is 13.0 Å². The number of aromatic nitrogens is 3. The number of nitrogens with zero attached hydrogens (tertiary/aromatic N) is 3. The molecule has 2 aromatic heterocycles. The van der Waals surface area contributed by atoms with Crippen molar-refractivity contribution in [1.29, 1.82) is 0 Å². The van der Waals surface area contributed by atoms with E-state index >= 15 is 0 Å². The Morgan fingerprint density at radius 1 is 1.41 bits per heavy atom. The number of hydrogen-bond donors (Lipinski definition) is 1. The van der Waals surface area contributed by atoms with Gasteiger partial charge in [0.05, 0.1) is 10.7 Å². The molecule has 1 unspecified atom stereocenters. The van der Waals surface area contributed by atoms with Crippen molar-refractivity contribution in [2.75, 3.05) is 0 Å². The Labute approximate surface area is 105 Å². The molecule has 0 fully saturated rings. The number of imidazole rings is 1. The molecular weight excluding hydrogens is 238 g/mol. The molecule has 0 amide bonds. The lowest BCUT2D eigenvalue weighted by molar-refractivity contribution is 0.170. The van der Waals surface area contributed by atoms with Crippen LogP contribution in [-0.4, -0.2) is 19.6 Å². The van der Waals surface area contributed by atoms with Crippen LogP contribution in [0.4, 0.5) is 0 Å². The molecule has 0 aliphatic carbocycles. The van der Waals surface area contributed by atoms with Crippen LogP contribution in [0.3, 0.4) is 0 Å². The van der Waals surface area contributed by atoms with E-state index < -0.39 is 6.10 Å². The van der Waals surface area contributed by atoms with Crippen molar-refractivity contribution >= 4 is 11.6 Å². The third kappa shape index (κ3) is 2.65. The molecule has 2 rings (SSSR count). The number of aliphatic hydroxyl groups excluding tert-OH is 1. The van der Waals surface area contributed by atoms with Gasteiger partial charge in [-0.3, -0.25) is 4.98 Å². The van der Waals surface area contributed by atoms with Crippen molar-refractivity contribution in [3.8, 4) is 0 Å². The predicted octanol–water partition coefficient (Wildman–Crippen LogP) is 2.23. The molecule has 0 aromatic carbocycles. The summed E-state index contributed by atoms with van der Waals surface area (Å²) in [4.78, 5) is 8.31. The predicted molar refractivity (Wildman–Crippen MR) is 65.8 cm³/mol. The lowest BCUT2D eigenvalue weighted by atomic mass is 10.1. The van der Waals surface area contributed by atoms with Gasteiger partial charge in [0.15, 0.2) is 0 Å². The SMILES string of the molecule is CCn1ccnc1CC(O)c1ncccc1Cl. The van der Waals surface area contributed by atoms with Gasteiger partial charge in [0.2, 0.25) is 0 Å². The van der Waals surface area contributed by atoms with Crippen LogP contribution in [0.1, 0.15) is 24.5 Å². The first-order valence-corrected chi connectivity index (χ1v) is 5.88. The zero-order valence-corrected chi connectivity index (χ0v) is 10.3. The summed E-state index contributed by atoms with van der Waals surface area (Å²) < 4.78 is 1.99. The zero-order chi connectivity index (χ0) is 12.3. The van der Waals surface area contributed by atoms with Gasteiger partial charge in [0, 0.05) is 31.6 Å². The van der Waals surface area contributed by atoms with Gasteiger partial charge in [-0.05, 0) is 19.1 Å². The number of pyridine rings is 1. The lowest BCUT2D eigenvalue weighted by Crippen LogP contribution is -2.09. The maximum atomic E-state index is 10.1. The third-order valence-corrected chi connectivity index (χ3v) is 2.94. The quantitative estimate of drug-likeness (QED) is 0.907. The van der Waals surface area contributed by atoms with Gasteiger partial charge < -0.3 is 9.67 Å². The van der Waals surface area contributed by atoms with E-state index in [1.54, 1.807) is 24.5 Å². The smallest absolute Gasteiger partial charge is 0.111 e. The van der Waals surface area contributed by atoms with Crippen molar-refractivity contribution in [2.24, 2.45) is 0 Å². The zero-order valence-electron chi connectivity index (χ0n) is 9.55. The molecule has 2 heterocycles. The van der Waals surface area contributed by atoms with E-state index in [-0.39, 0.29) is 0 Å². The Bertz CT molecular complexity index is 498. The van der Waals surface area contributed by atoms with Crippen LogP contribution in [0.15, 0.2) is 30.7 Å². The molecule has 90 valence electrons. The van der Waals surface area contributed by atoms with E-state index in [1.807, 2.05) is 17.7 Å². The molecule has 5 heteroatoms. The van der Waals surface area contributed by atoms with Crippen molar-refractivity contribution in [3.63, 3.8) is 0 Å². The average Bonchev–Trinajstić information content (AvgIpc) is 2.76. The van der Waals surface area contributed by atoms with E-state index in [1.165, 1.54) is 0 Å². The van der Waals surface area contributed by atoms with Crippen molar-refractivity contribution in [1.82, 2.24) is 14.5 Å². The van der Waals surface area contributed by atoms with E-state index in [0.29, 0.717) is 17.1 Å². The fourth-order valence-electron chi connectivity index (χ4n) is 1.73. The largest absolute Gasteiger partial charge is 0.386 e.